The average molecular weight is 507 g/mol. The summed E-state index contributed by atoms with van der Waals surface area (Å²) >= 11 is 13.3. The van der Waals surface area contributed by atoms with Crippen molar-refractivity contribution < 1.29 is 14.3 Å². The maximum Gasteiger partial charge on any atom is 0.257 e. The molecule has 0 radical (unpaired) electrons. The molecule has 5 nitrogen and oxygen atoms in total. The molecule has 176 valence electrons. The number of carbonyl (C=O) groups excluding carboxylic acids is 1. The van der Waals surface area contributed by atoms with Crippen LogP contribution in [0, 0.1) is 0 Å². The topological polar surface area (TPSA) is 60.5 Å². The minimum Gasteiger partial charge on any atom is -0.496 e. The van der Waals surface area contributed by atoms with Gasteiger partial charge in [-0.2, -0.15) is 0 Å². The summed E-state index contributed by atoms with van der Waals surface area (Å²) in [5.74, 6) is 0.398. The van der Waals surface area contributed by atoms with Crippen molar-refractivity contribution in [3.63, 3.8) is 0 Å². The Kier molecular flexibility index (Phi) is 9.56. The molecule has 3 aromatic rings. The number of anilines is 1. The standard InChI is InChI=1S/C25H28Cl2N2O3S/c1-4-5-6-7-11-32-16(2)20-9-8-10-21(23(20)31-3)22-15-33-25(28-22)29-24(30)17-12-18(26)14-19(27)13-17/h8-10,12-16H,4-7,11H2,1-3H3,(H,28,29,30). The van der Waals surface area contributed by atoms with Crippen molar-refractivity contribution in [1.29, 1.82) is 0 Å². The van der Waals surface area contributed by atoms with Gasteiger partial charge in [-0.25, -0.2) is 4.98 Å². The van der Waals surface area contributed by atoms with E-state index in [0.29, 0.717) is 26.4 Å². The summed E-state index contributed by atoms with van der Waals surface area (Å²) in [5, 5.41) is 5.96. The Labute approximate surface area is 209 Å². The van der Waals surface area contributed by atoms with Gasteiger partial charge < -0.3 is 9.47 Å². The van der Waals surface area contributed by atoms with Crippen LogP contribution in [0.1, 0.15) is 61.6 Å². The SMILES string of the molecule is CCCCCCOC(C)c1cccc(-c2csc(NC(=O)c3cc(Cl)cc(Cl)c3)n2)c1OC. The molecule has 0 bridgehead atoms. The van der Waals surface area contributed by atoms with Gasteiger partial charge in [-0.1, -0.05) is 61.5 Å². The molecule has 33 heavy (non-hydrogen) atoms. The van der Waals surface area contributed by atoms with Gasteiger partial charge in [0.1, 0.15) is 5.75 Å². The molecular weight excluding hydrogens is 479 g/mol. The summed E-state index contributed by atoms with van der Waals surface area (Å²) in [6, 6.07) is 10.6. The van der Waals surface area contributed by atoms with Crippen molar-refractivity contribution in [2.24, 2.45) is 0 Å². The number of methoxy groups -OCH3 is 1. The van der Waals surface area contributed by atoms with Crippen molar-refractivity contribution in [2.75, 3.05) is 19.0 Å². The van der Waals surface area contributed by atoms with Crippen molar-refractivity contribution in [3.8, 4) is 17.0 Å². The van der Waals surface area contributed by atoms with Crippen LogP contribution in [0.15, 0.2) is 41.8 Å². The molecular formula is C25H28Cl2N2O3S. The number of aromatic nitrogens is 1. The van der Waals surface area contributed by atoms with E-state index in [1.54, 1.807) is 25.3 Å². The molecule has 3 rings (SSSR count). The molecule has 0 saturated carbocycles. The molecule has 0 saturated heterocycles. The highest BCUT2D eigenvalue weighted by atomic mass is 35.5. The van der Waals surface area contributed by atoms with E-state index in [0.717, 1.165) is 29.9 Å². The third-order valence-corrected chi connectivity index (χ3v) is 6.37. The number of halogens is 2. The smallest absolute Gasteiger partial charge is 0.257 e. The lowest BCUT2D eigenvalue weighted by Gasteiger charge is -2.18. The zero-order valence-electron chi connectivity index (χ0n) is 19.0. The highest BCUT2D eigenvalue weighted by Gasteiger charge is 2.19. The van der Waals surface area contributed by atoms with E-state index in [9.17, 15) is 4.79 Å². The van der Waals surface area contributed by atoms with Gasteiger partial charge in [0, 0.05) is 38.7 Å². The number of nitrogens with one attached hydrogen (secondary N) is 1. The minimum atomic E-state index is -0.328. The van der Waals surface area contributed by atoms with E-state index in [-0.39, 0.29) is 12.0 Å². The van der Waals surface area contributed by atoms with Gasteiger partial charge in [-0.05, 0) is 37.6 Å². The van der Waals surface area contributed by atoms with Crippen LogP contribution in [0.4, 0.5) is 5.13 Å². The van der Waals surface area contributed by atoms with Gasteiger partial charge in [0.15, 0.2) is 5.13 Å². The Hall–Kier alpha value is -2.12. The number of thiazole rings is 1. The van der Waals surface area contributed by atoms with Gasteiger partial charge in [-0.15, -0.1) is 11.3 Å². The minimum absolute atomic E-state index is 0.105. The van der Waals surface area contributed by atoms with Crippen molar-refractivity contribution in [1.82, 2.24) is 4.98 Å². The maximum atomic E-state index is 12.6. The molecule has 8 heteroatoms. The number of unbranched alkanes of at least 4 members (excludes halogenated alkanes) is 3. The summed E-state index contributed by atoms with van der Waals surface area (Å²) < 4.78 is 11.8. The molecule has 1 atom stereocenters. The molecule has 0 aliphatic carbocycles. The first-order valence-corrected chi connectivity index (χ1v) is 12.6. The Balaban J connectivity index is 1.74. The second-order valence-corrected chi connectivity index (χ2v) is 9.38. The van der Waals surface area contributed by atoms with Crippen LogP contribution < -0.4 is 10.1 Å². The number of nitrogens with zero attached hydrogens (tertiary/aromatic N) is 1. The van der Waals surface area contributed by atoms with E-state index >= 15 is 0 Å². The zero-order valence-corrected chi connectivity index (χ0v) is 21.3. The van der Waals surface area contributed by atoms with Gasteiger partial charge in [0.05, 0.1) is 18.9 Å². The van der Waals surface area contributed by atoms with Crippen LogP contribution in [0.5, 0.6) is 5.75 Å². The fraction of sp³-hybridized carbons (Fsp3) is 0.360. The second-order valence-electron chi connectivity index (χ2n) is 7.65. The molecule has 1 amide bonds. The molecule has 0 aliphatic rings. The van der Waals surface area contributed by atoms with Crippen LogP contribution in [-0.4, -0.2) is 24.6 Å². The van der Waals surface area contributed by atoms with Crippen LogP contribution in [0.2, 0.25) is 10.0 Å². The Morgan fingerprint density at radius 2 is 1.91 bits per heavy atom. The van der Waals surface area contributed by atoms with Gasteiger partial charge >= 0.3 is 0 Å². The van der Waals surface area contributed by atoms with Gasteiger partial charge in [-0.3, -0.25) is 10.1 Å². The number of carbonyl (C=O) groups is 1. The number of amides is 1. The van der Waals surface area contributed by atoms with E-state index in [4.69, 9.17) is 32.7 Å². The quantitative estimate of drug-likeness (QED) is 0.267. The average Bonchev–Trinajstić information content (AvgIpc) is 3.25. The Bertz CT molecular complexity index is 1070. The monoisotopic (exact) mass is 506 g/mol. The molecule has 0 fully saturated rings. The molecule has 1 unspecified atom stereocenters. The third kappa shape index (κ3) is 6.93. The molecule has 1 aromatic heterocycles. The largest absolute Gasteiger partial charge is 0.496 e. The summed E-state index contributed by atoms with van der Waals surface area (Å²) in [6.07, 6.45) is 4.55. The number of rotatable bonds is 11. The first kappa shape index (κ1) is 25.5. The molecule has 1 heterocycles. The van der Waals surface area contributed by atoms with Crippen LogP contribution in [0.3, 0.4) is 0 Å². The highest BCUT2D eigenvalue weighted by molar-refractivity contribution is 7.14. The summed E-state index contributed by atoms with van der Waals surface area (Å²) in [6.45, 7) is 4.95. The highest BCUT2D eigenvalue weighted by Crippen LogP contribution is 2.38. The van der Waals surface area contributed by atoms with Crippen LogP contribution in [0.25, 0.3) is 11.3 Å². The predicted molar refractivity (Wildman–Crippen MR) is 137 cm³/mol. The van der Waals surface area contributed by atoms with Gasteiger partial charge in [0.25, 0.3) is 5.91 Å². The van der Waals surface area contributed by atoms with Crippen molar-refractivity contribution >= 4 is 45.6 Å². The number of ether oxygens (including phenoxy) is 2. The van der Waals surface area contributed by atoms with E-state index < -0.39 is 0 Å². The number of hydrogen-bond donors (Lipinski definition) is 1. The molecule has 2 aromatic carbocycles. The summed E-state index contributed by atoms with van der Waals surface area (Å²) in [5.41, 5.74) is 2.90. The molecule has 0 spiro atoms. The summed E-state index contributed by atoms with van der Waals surface area (Å²) in [7, 11) is 1.65. The maximum absolute atomic E-state index is 12.6. The van der Waals surface area contributed by atoms with E-state index in [2.05, 4.69) is 17.2 Å². The van der Waals surface area contributed by atoms with Crippen LogP contribution in [-0.2, 0) is 4.74 Å². The number of para-hydroxylation sites is 1. The van der Waals surface area contributed by atoms with Crippen molar-refractivity contribution in [2.45, 2.75) is 45.6 Å². The predicted octanol–water partition coefficient (Wildman–Crippen LogP) is 8.04. The zero-order chi connectivity index (χ0) is 23.8. The van der Waals surface area contributed by atoms with Crippen molar-refractivity contribution in [3.05, 3.63) is 63.0 Å². The van der Waals surface area contributed by atoms with Crippen LogP contribution >= 0.6 is 34.5 Å². The summed E-state index contributed by atoms with van der Waals surface area (Å²) in [4.78, 5) is 17.2. The third-order valence-electron chi connectivity index (χ3n) is 5.18. The van der Waals surface area contributed by atoms with E-state index in [1.165, 1.54) is 30.6 Å². The van der Waals surface area contributed by atoms with Gasteiger partial charge in [0.2, 0.25) is 0 Å². The van der Waals surface area contributed by atoms with E-state index in [1.807, 2.05) is 30.5 Å². The Morgan fingerprint density at radius 3 is 2.61 bits per heavy atom. The first-order valence-electron chi connectivity index (χ1n) is 10.9. The lowest BCUT2D eigenvalue weighted by atomic mass is 10.0. The first-order chi connectivity index (χ1) is 15.9. The number of hydrogen-bond acceptors (Lipinski definition) is 5. The number of benzene rings is 2. The molecule has 1 N–H and O–H groups in total. The lowest BCUT2D eigenvalue weighted by Crippen LogP contribution is -2.11. The molecule has 0 aliphatic heterocycles. The normalized spacial score (nSPS) is 11.9. The fourth-order valence-corrected chi connectivity index (χ4v) is 4.72. The lowest BCUT2D eigenvalue weighted by molar-refractivity contribution is 0.0612. The second kappa shape index (κ2) is 12.4. The Morgan fingerprint density at radius 1 is 1.15 bits per heavy atom. The fourth-order valence-electron chi connectivity index (χ4n) is 3.49.